The number of rotatable bonds is 7. The minimum atomic E-state index is -0.511. The van der Waals surface area contributed by atoms with Gasteiger partial charge in [-0.2, -0.15) is 0 Å². The van der Waals surface area contributed by atoms with Gasteiger partial charge in [-0.1, -0.05) is 17.8 Å². The zero-order valence-electron chi connectivity index (χ0n) is 15.4. The number of anilines is 1. The summed E-state index contributed by atoms with van der Waals surface area (Å²) in [6, 6.07) is 13.1. The second kappa shape index (κ2) is 8.75. The van der Waals surface area contributed by atoms with Crippen LogP contribution in [0.4, 0.5) is 10.1 Å². The van der Waals surface area contributed by atoms with E-state index in [1.54, 1.807) is 13.0 Å². The SMILES string of the molecule is CCOc1ccc(-c2nnc(S[C@H](C)C(=O)Nc3cccc(F)c3)n2N)cc1. The third-order valence-corrected chi connectivity index (χ3v) is 4.89. The van der Waals surface area contributed by atoms with E-state index in [9.17, 15) is 9.18 Å². The summed E-state index contributed by atoms with van der Waals surface area (Å²) >= 11 is 1.16. The van der Waals surface area contributed by atoms with Crippen LogP contribution in [0.15, 0.2) is 53.7 Å². The number of nitrogens with one attached hydrogen (secondary N) is 1. The van der Waals surface area contributed by atoms with Crippen molar-refractivity contribution in [3.05, 3.63) is 54.3 Å². The van der Waals surface area contributed by atoms with E-state index in [0.29, 0.717) is 23.3 Å². The Kier molecular flexibility index (Phi) is 6.15. The molecule has 28 heavy (non-hydrogen) atoms. The molecular formula is C19H20FN5O2S. The second-order valence-corrected chi connectivity index (χ2v) is 7.20. The Labute approximate surface area is 166 Å². The molecule has 0 spiro atoms. The standard InChI is InChI=1S/C19H20FN5O2S/c1-3-27-16-9-7-13(8-10-16)17-23-24-19(25(17)21)28-12(2)18(26)22-15-6-4-5-14(20)11-15/h4-12H,3,21H2,1-2H3,(H,22,26)/t12-/m1/s1. The number of nitrogens with two attached hydrogens (primary N) is 1. The van der Waals surface area contributed by atoms with Gasteiger partial charge < -0.3 is 15.9 Å². The number of nitrogens with zero attached hydrogens (tertiary/aromatic N) is 3. The molecule has 146 valence electrons. The molecule has 3 rings (SSSR count). The summed E-state index contributed by atoms with van der Waals surface area (Å²) in [6.45, 7) is 4.22. The van der Waals surface area contributed by atoms with Crippen LogP contribution in [0.2, 0.25) is 0 Å². The molecule has 7 nitrogen and oxygen atoms in total. The number of carbonyl (C=O) groups is 1. The van der Waals surface area contributed by atoms with Crippen molar-refractivity contribution in [3.8, 4) is 17.1 Å². The largest absolute Gasteiger partial charge is 0.494 e. The molecule has 0 bridgehead atoms. The van der Waals surface area contributed by atoms with E-state index >= 15 is 0 Å². The quantitative estimate of drug-likeness (QED) is 0.466. The minimum Gasteiger partial charge on any atom is -0.494 e. The summed E-state index contributed by atoms with van der Waals surface area (Å²) in [5, 5.41) is 10.7. The van der Waals surface area contributed by atoms with Gasteiger partial charge in [0, 0.05) is 11.3 Å². The fourth-order valence-electron chi connectivity index (χ4n) is 2.44. The van der Waals surface area contributed by atoms with E-state index in [1.807, 2.05) is 31.2 Å². The Morgan fingerprint density at radius 2 is 2.04 bits per heavy atom. The topological polar surface area (TPSA) is 95.1 Å². The van der Waals surface area contributed by atoms with Crippen LogP contribution in [-0.2, 0) is 4.79 Å². The lowest BCUT2D eigenvalue weighted by molar-refractivity contribution is -0.115. The van der Waals surface area contributed by atoms with Crippen LogP contribution < -0.4 is 15.9 Å². The van der Waals surface area contributed by atoms with Gasteiger partial charge >= 0.3 is 0 Å². The highest BCUT2D eigenvalue weighted by Gasteiger charge is 2.20. The molecule has 9 heteroatoms. The Hall–Kier alpha value is -3.07. The summed E-state index contributed by atoms with van der Waals surface area (Å²) in [5.74, 6) is 6.64. The van der Waals surface area contributed by atoms with Crippen molar-refractivity contribution in [1.82, 2.24) is 14.9 Å². The van der Waals surface area contributed by atoms with Crippen LogP contribution >= 0.6 is 11.8 Å². The normalized spacial score (nSPS) is 11.8. The first-order valence-corrected chi connectivity index (χ1v) is 9.52. The second-order valence-electron chi connectivity index (χ2n) is 5.89. The first-order valence-electron chi connectivity index (χ1n) is 8.64. The van der Waals surface area contributed by atoms with Crippen molar-refractivity contribution >= 4 is 23.4 Å². The summed E-state index contributed by atoms with van der Waals surface area (Å²) in [6.07, 6.45) is 0. The molecule has 0 saturated carbocycles. The number of ether oxygens (including phenoxy) is 1. The number of nitrogen functional groups attached to an aromatic ring is 1. The van der Waals surface area contributed by atoms with Crippen LogP contribution in [0.3, 0.4) is 0 Å². The molecule has 1 amide bonds. The van der Waals surface area contributed by atoms with E-state index in [4.69, 9.17) is 10.6 Å². The van der Waals surface area contributed by atoms with Crippen LogP contribution in [0.25, 0.3) is 11.4 Å². The van der Waals surface area contributed by atoms with E-state index in [0.717, 1.165) is 23.1 Å². The lowest BCUT2D eigenvalue weighted by Crippen LogP contribution is -2.23. The van der Waals surface area contributed by atoms with E-state index in [1.165, 1.54) is 22.9 Å². The van der Waals surface area contributed by atoms with E-state index in [-0.39, 0.29) is 5.91 Å². The zero-order chi connectivity index (χ0) is 20.1. The van der Waals surface area contributed by atoms with Gasteiger partial charge in [-0.05, 0) is 56.3 Å². The molecule has 0 saturated heterocycles. The van der Waals surface area contributed by atoms with Gasteiger partial charge in [-0.25, -0.2) is 9.07 Å². The van der Waals surface area contributed by atoms with Gasteiger partial charge in [-0.3, -0.25) is 4.79 Å². The monoisotopic (exact) mass is 401 g/mol. The first-order chi connectivity index (χ1) is 13.5. The number of hydrogen-bond donors (Lipinski definition) is 2. The third kappa shape index (κ3) is 4.61. The molecule has 3 N–H and O–H groups in total. The molecule has 0 aliphatic rings. The average molecular weight is 401 g/mol. The molecule has 0 fully saturated rings. The van der Waals surface area contributed by atoms with Gasteiger partial charge in [0.15, 0.2) is 5.82 Å². The van der Waals surface area contributed by atoms with Crippen LogP contribution in [0, 0.1) is 5.82 Å². The number of thioether (sulfide) groups is 1. The fraction of sp³-hybridized carbons (Fsp3) is 0.211. The van der Waals surface area contributed by atoms with Crippen molar-refractivity contribution in [1.29, 1.82) is 0 Å². The lowest BCUT2D eigenvalue weighted by Gasteiger charge is -2.11. The summed E-state index contributed by atoms with van der Waals surface area (Å²) in [4.78, 5) is 12.3. The zero-order valence-corrected chi connectivity index (χ0v) is 16.2. The van der Waals surface area contributed by atoms with E-state index in [2.05, 4.69) is 15.5 Å². The fourth-order valence-corrected chi connectivity index (χ4v) is 3.21. The predicted molar refractivity (Wildman–Crippen MR) is 107 cm³/mol. The third-order valence-electron chi connectivity index (χ3n) is 3.83. The van der Waals surface area contributed by atoms with Crippen molar-refractivity contribution in [2.45, 2.75) is 24.3 Å². The molecule has 1 atom stereocenters. The number of amides is 1. The summed E-state index contributed by atoms with van der Waals surface area (Å²) in [7, 11) is 0. The molecule has 3 aromatic rings. The molecule has 1 heterocycles. The number of hydrogen-bond acceptors (Lipinski definition) is 6. The van der Waals surface area contributed by atoms with Crippen LogP contribution in [-0.4, -0.2) is 32.6 Å². The van der Waals surface area contributed by atoms with Gasteiger partial charge in [0.05, 0.1) is 11.9 Å². The molecule has 0 radical (unpaired) electrons. The summed E-state index contributed by atoms with van der Waals surface area (Å²) < 4.78 is 20.0. The van der Waals surface area contributed by atoms with Crippen molar-refractivity contribution in [2.24, 2.45) is 0 Å². The van der Waals surface area contributed by atoms with Crippen LogP contribution in [0.5, 0.6) is 5.75 Å². The van der Waals surface area contributed by atoms with Gasteiger partial charge in [-0.15, -0.1) is 10.2 Å². The van der Waals surface area contributed by atoms with Crippen molar-refractivity contribution in [2.75, 3.05) is 17.8 Å². The first kappa shape index (κ1) is 19.7. The molecule has 1 aromatic heterocycles. The lowest BCUT2D eigenvalue weighted by atomic mass is 10.2. The van der Waals surface area contributed by atoms with E-state index < -0.39 is 11.1 Å². The molecule has 0 unspecified atom stereocenters. The highest BCUT2D eigenvalue weighted by molar-refractivity contribution is 8.00. The maximum atomic E-state index is 13.2. The highest BCUT2D eigenvalue weighted by Crippen LogP contribution is 2.26. The van der Waals surface area contributed by atoms with Crippen molar-refractivity contribution < 1.29 is 13.9 Å². The Morgan fingerprint density at radius 3 is 2.71 bits per heavy atom. The van der Waals surface area contributed by atoms with Gasteiger partial charge in [0.2, 0.25) is 11.1 Å². The Bertz CT molecular complexity index is 961. The minimum absolute atomic E-state index is 0.291. The molecular weight excluding hydrogens is 381 g/mol. The molecule has 0 aliphatic carbocycles. The number of halogens is 1. The average Bonchev–Trinajstić information content (AvgIpc) is 3.03. The number of carbonyl (C=O) groups excluding carboxylic acids is 1. The maximum absolute atomic E-state index is 13.2. The number of aromatic nitrogens is 3. The summed E-state index contributed by atoms with van der Waals surface area (Å²) in [5.41, 5.74) is 1.17. The van der Waals surface area contributed by atoms with Gasteiger partial charge in [0.1, 0.15) is 11.6 Å². The highest BCUT2D eigenvalue weighted by atomic mass is 32.2. The number of benzene rings is 2. The van der Waals surface area contributed by atoms with Gasteiger partial charge in [0.25, 0.3) is 0 Å². The Balaban J connectivity index is 1.68. The predicted octanol–water partition coefficient (Wildman–Crippen LogP) is 3.32. The smallest absolute Gasteiger partial charge is 0.237 e. The molecule has 0 aliphatic heterocycles. The maximum Gasteiger partial charge on any atom is 0.237 e. The van der Waals surface area contributed by atoms with Crippen LogP contribution in [0.1, 0.15) is 13.8 Å². The Morgan fingerprint density at radius 1 is 1.29 bits per heavy atom. The molecule has 2 aromatic carbocycles. The van der Waals surface area contributed by atoms with Crippen molar-refractivity contribution in [3.63, 3.8) is 0 Å².